The first-order valence-corrected chi connectivity index (χ1v) is 9.77. The van der Waals surface area contributed by atoms with E-state index in [1.54, 1.807) is 35.2 Å². The molecule has 29 heavy (non-hydrogen) atoms. The van der Waals surface area contributed by atoms with E-state index in [2.05, 4.69) is 10.1 Å². The summed E-state index contributed by atoms with van der Waals surface area (Å²) < 4.78 is 18.6. The molecule has 0 radical (unpaired) electrons. The van der Waals surface area contributed by atoms with E-state index < -0.39 is 6.10 Å². The smallest absolute Gasteiger partial charge is 0.254 e. The molecular weight excluding hydrogens is 373 g/mol. The van der Waals surface area contributed by atoms with E-state index >= 15 is 0 Å². The van der Waals surface area contributed by atoms with Gasteiger partial charge < -0.3 is 14.5 Å². The van der Waals surface area contributed by atoms with Crippen LogP contribution in [0.4, 0.5) is 4.39 Å². The molecule has 1 N–H and O–H groups in total. The SMILES string of the molecule is O=C(c1cccc(-c2noc(C3CC3)n2)c1)N1C[C@@H](O)C[C@H]1c1ccc(F)cc1. The molecule has 1 saturated heterocycles. The van der Waals surface area contributed by atoms with Crippen molar-refractivity contribution in [2.75, 3.05) is 6.54 Å². The summed E-state index contributed by atoms with van der Waals surface area (Å²) in [6, 6.07) is 12.9. The number of aromatic nitrogens is 2. The van der Waals surface area contributed by atoms with Gasteiger partial charge in [-0.15, -0.1) is 0 Å². The highest BCUT2D eigenvalue weighted by Crippen LogP contribution is 2.39. The molecule has 1 amide bonds. The number of carbonyl (C=O) groups is 1. The van der Waals surface area contributed by atoms with Gasteiger partial charge >= 0.3 is 0 Å². The van der Waals surface area contributed by atoms with Crippen LogP contribution >= 0.6 is 0 Å². The summed E-state index contributed by atoms with van der Waals surface area (Å²) in [5, 5.41) is 14.2. The molecule has 2 fully saturated rings. The Morgan fingerprint density at radius 1 is 1.17 bits per heavy atom. The zero-order valence-electron chi connectivity index (χ0n) is 15.7. The fraction of sp³-hybridized carbons (Fsp3) is 0.318. The van der Waals surface area contributed by atoms with Gasteiger partial charge in [0.05, 0.1) is 12.1 Å². The van der Waals surface area contributed by atoms with Gasteiger partial charge in [0.25, 0.3) is 5.91 Å². The van der Waals surface area contributed by atoms with Crippen LogP contribution in [0, 0.1) is 5.82 Å². The van der Waals surface area contributed by atoms with Gasteiger partial charge in [-0.1, -0.05) is 29.4 Å². The fourth-order valence-electron chi connectivity index (χ4n) is 3.84. The predicted octanol–water partition coefficient (Wildman–Crippen LogP) is 3.70. The number of aliphatic hydroxyl groups excluding tert-OH is 1. The number of β-amino-alcohol motifs (C(OH)–C–C–N with tert-alkyl or cyclic N) is 1. The molecule has 1 aliphatic heterocycles. The molecule has 2 heterocycles. The molecule has 0 unspecified atom stereocenters. The number of nitrogens with zero attached hydrogens (tertiary/aromatic N) is 3. The molecule has 5 rings (SSSR count). The third-order valence-electron chi connectivity index (χ3n) is 5.53. The van der Waals surface area contributed by atoms with E-state index in [0.29, 0.717) is 35.2 Å². The molecule has 1 aromatic heterocycles. The van der Waals surface area contributed by atoms with E-state index in [1.165, 1.54) is 12.1 Å². The van der Waals surface area contributed by atoms with Crippen LogP contribution in [0.1, 0.15) is 53.0 Å². The maximum atomic E-state index is 13.3. The predicted molar refractivity (Wildman–Crippen MR) is 103 cm³/mol. The summed E-state index contributed by atoms with van der Waals surface area (Å²) in [5.41, 5.74) is 2.01. The van der Waals surface area contributed by atoms with Crippen LogP contribution in [-0.4, -0.2) is 38.7 Å². The topological polar surface area (TPSA) is 79.5 Å². The van der Waals surface area contributed by atoms with E-state index in [4.69, 9.17) is 4.52 Å². The fourth-order valence-corrected chi connectivity index (χ4v) is 3.84. The number of likely N-dealkylation sites (tertiary alicyclic amines) is 1. The Bertz CT molecular complexity index is 1050. The summed E-state index contributed by atoms with van der Waals surface area (Å²) in [6.07, 6.45) is 1.95. The monoisotopic (exact) mass is 393 g/mol. The van der Waals surface area contributed by atoms with Crippen molar-refractivity contribution in [3.8, 4) is 11.4 Å². The van der Waals surface area contributed by atoms with Crippen molar-refractivity contribution in [2.24, 2.45) is 0 Å². The van der Waals surface area contributed by atoms with E-state index in [1.807, 2.05) is 6.07 Å². The molecule has 6 nitrogen and oxygen atoms in total. The van der Waals surface area contributed by atoms with Crippen LogP contribution in [0.2, 0.25) is 0 Å². The summed E-state index contributed by atoms with van der Waals surface area (Å²) in [6.45, 7) is 0.235. The summed E-state index contributed by atoms with van der Waals surface area (Å²) in [7, 11) is 0. The largest absolute Gasteiger partial charge is 0.391 e. The number of hydrogen-bond donors (Lipinski definition) is 1. The maximum absolute atomic E-state index is 13.3. The number of hydrogen-bond acceptors (Lipinski definition) is 5. The Morgan fingerprint density at radius 2 is 1.97 bits per heavy atom. The van der Waals surface area contributed by atoms with Crippen molar-refractivity contribution in [3.63, 3.8) is 0 Å². The van der Waals surface area contributed by atoms with Crippen LogP contribution < -0.4 is 0 Å². The zero-order chi connectivity index (χ0) is 20.0. The van der Waals surface area contributed by atoms with Gasteiger partial charge in [-0.05, 0) is 49.1 Å². The molecule has 2 aromatic carbocycles. The molecule has 1 aliphatic carbocycles. The van der Waals surface area contributed by atoms with Crippen LogP contribution in [0.5, 0.6) is 0 Å². The lowest BCUT2D eigenvalue weighted by atomic mass is 10.0. The van der Waals surface area contributed by atoms with Crippen molar-refractivity contribution in [2.45, 2.75) is 37.3 Å². The Hall–Kier alpha value is -3.06. The molecule has 0 spiro atoms. The minimum atomic E-state index is -0.615. The van der Waals surface area contributed by atoms with Crippen molar-refractivity contribution < 1.29 is 18.8 Å². The van der Waals surface area contributed by atoms with Crippen molar-refractivity contribution >= 4 is 5.91 Å². The van der Waals surface area contributed by atoms with E-state index in [9.17, 15) is 14.3 Å². The first kappa shape index (κ1) is 18.0. The molecule has 7 heteroatoms. The molecule has 1 saturated carbocycles. The third-order valence-corrected chi connectivity index (χ3v) is 5.53. The number of aliphatic hydroxyl groups is 1. The molecule has 0 bridgehead atoms. The minimum Gasteiger partial charge on any atom is -0.391 e. The second-order valence-corrected chi connectivity index (χ2v) is 7.73. The summed E-state index contributed by atoms with van der Waals surface area (Å²) >= 11 is 0. The van der Waals surface area contributed by atoms with Crippen LogP contribution in [-0.2, 0) is 0 Å². The van der Waals surface area contributed by atoms with Crippen molar-refractivity contribution in [3.05, 3.63) is 71.4 Å². The molecular formula is C22H20FN3O3. The van der Waals surface area contributed by atoms with Gasteiger partial charge in [-0.3, -0.25) is 4.79 Å². The standard InChI is InChI=1S/C22H20FN3O3/c23-17-8-6-13(7-9-17)19-11-18(27)12-26(19)22(28)16-3-1-2-15(10-16)20-24-21(29-25-20)14-4-5-14/h1-3,6-10,14,18-19,27H,4-5,11-12H2/t18-,19-/m0/s1. The highest BCUT2D eigenvalue weighted by atomic mass is 19.1. The van der Waals surface area contributed by atoms with Gasteiger partial charge in [0, 0.05) is 23.6 Å². The molecule has 2 aliphatic rings. The molecule has 2 atom stereocenters. The lowest BCUT2D eigenvalue weighted by Crippen LogP contribution is -2.31. The van der Waals surface area contributed by atoms with Crippen LogP contribution in [0.3, 0.4) is 0 Å². The van der Waals surface area contributed by atoms with Crippen molar-refractivity contribution in [1.29, 1.82) is 0 Å². The quantitative estimate of drug-likeness (QED) is 0.731. The lowest BCUT2D eigenvalue weighted by Gasteiger charge is -2.25. The number of benzene rings is 2. The Morgan fingerprint density at radius 3 is 2.72 bits per heavy atom. The van der Waals surface area contributed by atoms with E-state index in [0.717, 1.165) is 18.4 Å². The van der Waals surface area contributed by atoms with Gasteiger partial charge in [-0.2, -0.15) is 4.98 Å². The normalized spacial score (nSPS) is 21.5. The number of carbonyl (C=O) groups excluding carboxylic acids is 1. The summed E-state index contributed by atoms with van der Waals surface area (Å²) in [4.78, 5) is 19.3. The highest BCUT2D eigenvalue weighted by Gasteiger charge is 2.36. The van der Waals surface area contributed by atoms with Gasteiger partial charge in [0.1, 0.15) is 5.82 Å². The van der Waals surface area contributed by atoms with Crippen molar-refractivity contribution in [1.82, 2.24) is 15.0 Å². The van der Waals surface area contributed by atoms with Gasteiger partial charge in [-0.25, -0.2) is 4.39 Å². The van der Waals surface area contributed by atoms with Gasteiger partial charge in [0.2, 0.25) is 11.7 Å². The van der Waals surface area contributed by atoms with Crippen LogP contribution in [0.15, 0.2) is 53.1 Å². The minimum absolute atomic E-state index is 0.191. The number of amides is 1. The highest BCUT2D eigenvalue weighted by molar-refractivity contribution is 5.95. The van der Waals surface area contributed by atoms with E-state index in [-0.39, 0.29) is 24.3 Å². The molecule has 3 aromatic rings. The molecule has 148 valence electrons. The second kappa shape index (κ2) is 7.08. The Kier molecular flexibility index (Phi) is 4.39. The van der Waals surface area contributed by atoms with Crippen LogP contribution in [0.25, 0.3) is 11.4 Å². The first-order chi connectivity index (χ1) is 14.1. The average molecular weight is 393 g/mol. The first-order valence-electron chi connectivity index (χ1n) is 9.77. The number of rotatable bonds is 4. The van der Waals surface area contributed by atoms with Gasteiger partial charge in [0.15, 0.2) is 0 Å². The Balaban J connectivity index is 1.42. The average Bonchev–Trinajstić information content (AvgIpc) is 3.33. The summed E-state index contributed by atoms with van der Waals surface area (Å²) in [5.74, 6) is 0.963. The second-order valence-electron chi connectivity index (χ2n) is 7.73. The number of halogens is 1. The maximum Gasteiger partial charge on any atom is 0.254 e. The Labute approximate surface area is 167 Å². The third kappa shape index (κ3) is 3.53. The lowest BCUT2D eigenvalue weighted by molar-refractivity contribution is 0.0716. The zero-order valence-corrected chi connectivity index (χ0v) is 15.7.